The highest BCUT2D eigenvalue weighted by Gasteiger charge is 2.13. The molecule has 110 valence electrons. The van der Waals surface area contributed by atoms with Crippen molar-refractivity contribution in [3.8, 4) is 5.75 Å². The van der Waals surface area contributed by atoms with Crippen molar-refractivity contribution in [3.63, 3.8) is 0 Å². The number of carbonyl (C=O) groups excluding carboxylic acids is 1. The molecule has 0 aromatic heterocycles. The number of rotatable bonds is 6. The lowest BCUT2D eigenvalue weighted by atomic mass is 9.87. The normalized spacial score (nSPS) is 15.8. The molecule has 1 aliphatic carbocycles. The summed E-state index contributed by atoms with van der Waals surface area (Å²) in [6.07, 6.45) is 7.76. The number of para-hydroxylation sites is 2. The van der Waals surface area contributed by atoms with Gasteiger partial charge in [0.15, 0.2) is 6.61 Å². The van der Waals surface area contributed by atoms with Crippen molar-refractivity contribution in [2.45, 2.75) is 38.5 Å². The highest BCUT2D eigenvalue weighted by molar-refractivity contribution is 5.77. The van der Waals surface area contributed by atoms with Crippen molar-refractivity contribution >= 4 is 11.6 Å². The standard InChI is InChI=1S/C16H24N2O2/c17-14-8-4-5-9-15(14)20-12-16(19)18-11-10-13-6-2-1-3-7-13/h4-5,8-9,13H,1-3,6-7,10-12,17H2,(H,18,19). The van der Waals surface area contributed by atoms with E-state index in [2.05, 4.69) is 5.32 Å². The Morgan fingerprint density at radius 1 is 1.25 bits per heavy atom. The molecule has 1 aliphatic rings. The SMILES string of the molecule is Nc1ccccc1OCC(=O)NCCC1CCCCC1. The molecule has 1 amide bonds. The van der Waals surface area contributed by atoms with Crippen LogP contribution in [0.1, 0.15) is 38.5 Å². The molecule has 0 radical (unpaired) electrons. The summed E-state index contributed by atoms with van der Waals surface area (Å²) in [5.74, 6) is 1.27. The van der Waals surface area contributed by atoms with Crippen molar-refractivity contribution in [1.29, 1.82) is 0 Å². The van der Waals surface area contributed by atoms with Crippen LogP contribution in [-0.2, 0) is 4.79 Å². The molecule has 1 saturated carbocycles. The topological polar surface area (TPSA) is 64.3 Å². The summed E-state index contributed by atoms with van der Waals surface area (Å²) < 4.78 is 5.40. The lowest BCUT2D eigenvalue weighted by molar-refractivity contribution is -0.123. The average Bonchev–Trinajstić information content (AvgIpc) is 2.47. The van der Waals surface area contributed by atoms with Gasteiger partial charge in [-0.15, -0.1) is 0 Å². The van der Waals surface area contributed by atoms with E-state index in [9.17, 15) is 4.79 Å². The van der Waals surface area contributed by atoms with Crippen LogP contribution in [-0.4, -0.2) is 19.1 Å². The number of hydrogen-bond acceptors (Lipinski definition) is 3. The predicted molar refractivity (Wildman–Crippen MR) is 80.6 cm³/mol. The summed E-state index contributed by atoms with van der Waals surface area (Å²) in [6.45, 7) is 0.774. The number of amides is 1. The molecule has 1 fully saturated rings. The van der Waals surface area contributed by atoms with Gasteiger partial charge in [0, 0.05) is 6.54 Å². The smallest absolute Gasteiger partial charge is 0.257 e. The van der Waals surface area contributed by atoms with Crippen molar-refractivity contribution < 1.29 is 9.53 Å². The summed E-state index contributed by atoms with van der Waals surface area (Å²) in [4.78, 5) is 11.7. The van der Waals surface area contributed by atoms with E-state index in [0.717, 1.165) is 18.9 Å². The number of ether oxygens (including phenoxy) is 1. The molecule has 0 spiro atoms. The fraction of sp³-hybridized carbons (Fsp3) is 0.562. The van der Waals surface area contributed by atoms with E-state index in [1.165, 1.54) is 32.1 Å². The Bertz CT molecular complexity index is 428. The Balaban J connectivity index is 1.62. The summed E-state index contributed by atoms with van der Waals surface area (Å²) in [5, 5.41) is 2.91. The van der Waals surface area contributed by atoms with Crippen LogP contribution in [0.2, 0.25) is 0 Å². The van der Waals surface area contributed by atoms with Crippen molar-refractivity contribution in [2.24, 2.45) is 5.92 Å². The highest BCUT2D eigenvalue weighted by Crippen LogP contribution is 2.25. The van der Waals surface area contributed by atoms with Crippen LogP contribution >= 0.6 is 0 Å². The first-order valence-corrected chi connectivity index (χ1v) is 7.49. The lowest BCUT2D eigenvalue weighted by Gasteiger charge is -2.21. The molecular formula is C16H24N2O2. The largest absolute Gasteiger partial charge is 0.482 e. The molecule has 0 atom stereocenters. The fourth-order valence-electron chi connectivity index (χ4n) is 2.70. The van der Waals surface area contributed by atoms with Crippen molar-refractivity contribution in [1.82, 2.24) is 5.32 Å². The first kappa shape index (κ1) is 14.7. The summed E-state index contributed by atoms with van der Waals surface area (Å²) >= 11 is 0. The Morgan fingerprint density at radius 2 is 2.00 bits per heavy atom. The third-order valence-corrected chi connectivity index (χ3v) is 3.88. The Labute approximate surface area is 120 Å². The molecule has 1 aromatic carbocycles. The average molecular weight is 276 g/mol. The second-order valence-corrected chi connectivity index (χ2v) is 5.47. The zero-order valence-electron chi connectivity index (χ0n) is 11.9. The quantitative estimate of drug-likeness (QED) is 0.785. The second kappa shape index (κ2) is 7.78. The lowest BCUT2D eigenvalue weighted by Crippen LogP contribution is -2.31. The molecule has 2 rings (SSSR count). The predicted octanol–water partition coefficient (Wildman–Crippen LogP) is 2.73. The molecule has 20 heavy (non-hydrogen) atoms. The van der Waals surface area contributed by atoms with Crippen LogP contribution in [0.25, 0.3) is 0 Å². The number of nitrogen functional groups attached to an aromatic ring is 1. The molecule has 0 saturated heterocycles. The molecule has 3 N–H and O–H groups in total. The van der Waals surface area contributed by atoms with Crippen LogP contribution in [0.4, 0.5) is 5.69 Å². The monoisotopic (exact) mass is 276 g/mol. The maximum Gasteiger partial charge on any atom is 0.257 e. The number of nitrogens with one attached hydrogen (secondary N) is 1. The van der Waals surface area contributed by atoms with E-state index in [-0.39, 0.29) is 12.5 Å². The molecule has 0 unspecified atom stereocenters. The minimum absolute atomic E-state index is 0.0267. The molecule has 0 bridgehead atoms. The van der Waals surface area contributed by atoms with Crippen molar-refractivity contribution in [2.75, 3.05) is 18.9 Å². The first-order valence-electron chi connectivity index (χ1n) is 7.49. The van der Waals surface area contributed by atoms with Crippen LogP contribution in [0.5, 0.6) is 5.75 Å². The number of benzene rings is 1. The summed E-state index contributed by atoms with van der Waals surface area (Å²) in [5.41, 5.74) is 6.31. The summed E-state index contributed by atoms with van der Waals surface area (Å²) in [7, 11) is 0. The number of nitrogens with two attached hydrogens (primary N) is 1. The van der Waals surface area contributed by atoms with Gasteiger partial charge < -0.3 is 15.8 Å². The first-order chi connectivity index (χ1) is 9.75. The minimum Gasteiger partial charge on any atom is -0.482 e. The van der Waals surface area contributed by atoms with E-state index < -0.39 is 0 Å². The van der Waals surface area contributed by atoms with E-state index in [0.29, 0.717) is 11.4 Å². The van der Waals surface area contributed by atoms with Gasteiger partial charge in [0.2, 0.25) is 0 Å². The molecule has 0 heterocycles. The van der Waals surface area contributed by atoms with Gasteiger partial charge in [-0.25, -0.2) is 0 Å². The maximum absolute atomic E-state index is 11.7. The molecule has 0 aliphatic heterocycles. The summed E-state index contributed by atoms with van der Waals surface area (Å²) in [6, 6.07) is 7.21. The van der Waals surface area contributed by atoms with Gasteiger partial charge >= 0.3 is 0 Å². The van der Waals surface area contributed by atoms with E-state index in [4.69, 9.17) is 10.5 Å². The Hall–Kier alpha value is -1.71. The van der Waals surface area contributed by atoms with Gasteiger partial charge in [0.1, 0.15) is 5.75 Å². The second-order valence-electron chi connectivity index (χ2n) is 5.47. The molecule has 4 heteroatoms. The van der Waals surface area contributed by atoms with E-state index in [1.807, 2.05) is 12.1 Å². The number of anilines is 1. The van der Waals surface area contributed by atoms with Gasteiger partial charge in [-0.2, -0.15) is 0 Å². The van der Waals surface area contributed by atoms with E-state index in [1.54, 1.807) is 12.1 Å². The third-order valence-electron chi connectivity index (χ3n) is 3.88. The van der Waals surface area contributed by atoms with Crippen LogP contribution in [0.15, 0.2) is 24.3 Å². The maximum atomic E-state index is 11.7. The van der Waals surface area contributed by atoms with Crippen LogP contribution < -0.4 is 15.8 Å². The Morgan fingerprint density at radius 3 is 2.75 bits per heavy atom. The van der Waals surface area contributed by atoms with Crippen LogP contribution in [0, 0.1) is 5.92 Å². The molecule has 1 aromatic rings. The highest BCUT2D eigenvalue weighted by atomic mass is 16.5. The van der Waals surface area contributed by atoms with E-state index >= 15 is 0 Å². The van der Waals surface area contributed by atoms with Gasteiger partial charge in [-0.1, -0.05) is 44.2 Å². The minimum atomic E-state index is -0.0796. The zero-order chi connectivity index (χ0) is 14.2. The number of carbonyl (C=O) groups is 1. The molecular weight excluding hydrogens is 252 g/mol. The Kier molecular flexibility index (Phi) is 5.71. The van der Waals surface area contributed by atoms with Gasteiger partial charge in [0.05, 0.1) is 5.69 Å². The van der Waals surface area contributed by atoms with Gasteiger partial charge in [-0.3, -0.25) is 4.79 Å². The van der Waals surface area contributed by atoms with Crippen LogP contribution in [0.3, 0.4) is 0 Å². The zero-order valence-corrected chi connectivity index (χ0v) is 11.9. The van der Waals surface area contributed by atoms with Gasteiger partial charge in [0.25, 0.3) is 5.91 Å². The third kappa shape index (κ3) is 4.76. The van der Waals surface area contributed by atoms with Gasteiger partial charge in [-0.05, 0) is 24.5 Å². The van der Waals surface area contributed by atoms with Crippen molar-refractivity contribution in [3.05, 3.63) is 24.3 Å². The number of hydrogen-bond donors (Lipinski definition) is 2. The molecule has 4 nitrogen and oxygen atoms in total. The fourth-order valence-corrected chi connectivity index (χ4v) is 2.70.